The number of amides is 1. The van der Waals surface area contributed by atoms with Gasteiger partial charge in [-0.25, -0.2) is 0 Å². The molecule has 0 unspecified atom stereocenters. The Kier molecular flexibility index (Phi) is 7.11. The first-order valence-corrected chi connectivity index (χ1v) is 10.5. The molecule has 1 amide bonds. The monoisotopic (exact) mass is 469 g/mol. The average Bonchev–Trinajstić information content (AvgIpc) is 3.06. The third kappa shape index (κ3) is 6.14. The van der Waals surface area contributed by atoms with Crippen LogP contribution in [0.5, 0.6) is 0 Å². The normalized spacial score (nSPS) is 11.4. The van der Waals surface area contributed by atoms with Gasteiger partial charge in [0.15, 0.2) is 11.0 Å². The quantitative estimate of drug-likeness (QED) is 0.469. The van der Waals surface area contributed by atoms with Crippen LogP contribution < -0.4 is 10.6 Å². The zero-order chi connectivity index (χ0) is 22.6. The summed E-state index contributed by atoms with van der Waals surface area (Å²) in [5.74, 6) is 0.183. The molecule has 0 atom stereocenters. The van der Waals surface area contributed by atoms with Gasteiger partial charge in [-0.3, -0.25) is 4.79 Å². The van der Waals surface area contributed by atoms with Gasteiger partial charge >= 0.3 is 6.18 Å². The molecule has 0 saturated heterocycles. The van der Waals surface area contributed by atoms with Crippen LogP contribution in [-0.4, -0.2) is 26.4 Å². The van der Waals surface area contributed by atoms with Gasteiger partial charge in [0.05, 0.1) is 17.9 Å². The van der Waals surface area contributed by atoms with E-state index in [1.807, 2.05) is 25.1 Å². The minimum absolute atomic E-state index is 0.0246. The van der Waals surface area contributed by atoms with E-state index in [4.69, 9.17) is 11.6 Å². The van der Waals surface area contributed by atoms with Gasteiger partial charge in [-0.15, -0.1) is 10.2 Å². The summed E-state index contributed by atoms with van der Waals surface area (Å²) in [6, 6.07) is 10.1. The lowest BCUT2D eigenvalue weighted by Crippen LogP contribution is -2.15. The molecular weight excluding hydrogens is 451 g/mol. The van der Waals surface area contributed by atoms with E-state index in [0.29, 0.717) is 22.5 Å². The molecule has 164 valence electrons. The number of thioether (sulfide) groups is 1. The fourth-order valence-corrected chi connectivity index (χ4v) is 3.52. The molecule has 1 heterocycles. The van der Waals surface area contributed by atoms with E-state index in [0.717, 1.165) is 35.1 Å². The van der Waals surface area contributed by atoms with E-state index in [9.17, 15) is 18.0 Å². The predicted octanol–water partition coefficient (Wildman–Crippen LogP) is 5.14. The molecule has 6 nitrogen and oxygen atoms in total. The van der Waals surface area contributed by atoms with Gasteiger partial charge < -0.3 is 15.2 Å². The second kappa shape index (κ2) is 9.61. The maximum Gasteiger partial charge on any atom is 0.416 e. The number of anilines is 2. The highest BCUT2D eigenvalue weighted by molar-refractivity contribution is 7.99. The van der Waals surface area contributed by atoms with E-state index in [-0.39, 0.29) is 11.4 Å². The van der Waals surface area contributed by atoms with Crippen molar-refractivity contribution in [2.75, 3.05) is 16.4 Å². The van der Waals surface area contributed by atoms with Crippen LogP contribution in [0, 0.1) is 6.92 Å². The van der Waals surface area contributed by atoms with Crippen molar-refractivity contribution in [3.63, 3.8) is 0 Å². The van der Waals surface area contributed by atoms with Crippen LogP contribution in [0.25, 0.3) is 0 Å². The molecule has 3 rings (SSSR count). The van der Waals surface area contributed by atoms with Crippen molar-refractivity contribution in [1.29, 1.82) is 0 Å². The molecule has 2 N–H and O–H groups in total. The summed E-state index contributed by atoms with van der Waals surface area (Å²) in [4.78, 5) is 12.1. The molecule has 2 aromatic carbocycles. The van der Waals surface area contributed by atoms with Crippen molar-refractivity contribution in [1.82, 2.24) is 14.8 Å². The molecule has 0 fully saturated rings. The number of aryl methyl sites for hydroxylation is 1. The van der Waals surface area contributed by atoms with Crippen LogP contribution in [0.2, 0.25) is 5.02 Å². The summed E-state index contributed by atoms with van der Waals surface area (Å²) >= 11 is 7.26. The smallest absolute Gasteiger partial charge is 0.378 e. The highest BCUT2D eigenvalue weighted by Gasteiger charge is 2.30. The standard InChI is InChI=1S/C20H19ClF3N5OS/c1-12-6-7-14(9-16(12)21)25-10-17-27-28-19(29(17)2)31-11-18(30)26-15-5-3-4-13(8-15)20(22,23)24/h3-9,25H,10-11H2,1-2H3,(H,26,30). The van der Waals surface area contributed by atoms with Crippen LogP contribution in [0.15, 0.2) is 47.6 Å². The fraction of sp³-hybridized carbons (Fsp3) is 0.250. The van der Waals surface area contributed by atoms with Crippen LogP contribution in [0.1, 0.15) is 17.0 Å². The Morgan fingerprint density at radius 2 is 1.94 bits per heavy atom. The number of hydrogen-bond acceptors (Lipinski definition) is 5. The van der Waals surface area contributed by atoms with Crippen molar-refractivity contribution in [3.8, 4) is 0 Å². The molecule has 0 aliphatic rings. The van der Waals surface area contributed by atoms with Crippen LogP contribution in [-0.2, 0) is 24.6 Å². The van der Waals surface area contributed by atoms with Gasteiger partial charge in [0.25, 0.3) is 0 Å². The minimum Gasteiger partial charge on any atom is -0.378 e. The molecule has 0 bridgehead atoms. The number of alkyl halides is 3. The number of nitrogens with one attached hydrogen (secondary N) is 2. The average molecular weight is 470 g/mol. The highest BCUT2D eigenvalue weighted by atomic mass is 35.5. The third-order valence-corrected chi connectivity index (χ3v) is 5.78. The molecule has 0 aliphatic carbocycles. The van der Waals surface area contributed by atoms with E-state index < -0.39 is 17.6 Å². The summed E-state index contributed by atoms with van der Waals surface area (Å²) in [5, 5.41) is 15.0. The second-order valence-electron chi connectivity index (χ2n) is 6.69. The van der Waals surface area contributed by atoms with Crippen molar-refractivity contribution in [2.45, 2.75) is 24.8 Å². The molecule has 1 aromatic heterocycles. The zero-order valence-corrected chi connectivity index (χ0v) is 18.2. The van der Waals surface area contributed by atoms with Gasteiger partial charge in [0, 0.05) is 23.4 Å². The Hall–Kier alpha value is -2.72. The van der Waals surface area contributed by atoms with Crippen molar-refractivity contribution >= 4 is 40.6 Å². The topological polar surface area (TPSA) is 71.8 Å². The van der Waals surface area contributed by atoms with Gasteiger partial charge in [-0.2, -0.15) is 13.2 Å². The Bertz CT molecular complexity index is 1090. The molecular formula is C20H19ClF3N5OS. The van der Waals surface area contributed by atoms with E-state index in [1.54, 1.807) is 11.6 Å². The van der Waals surface area contributed by atoms with E-state index >= 15 is 0 Å². The summed E-state index contributed by atoms with van der Waals surface area (Å²) in [6.07, 6.45) is -4.47. The SMILES string of the molecule is Cc1ccc(NCc2nnc(SCC(=O)Nc3cccc(C(F)(F)F)c3)n2C)cc1Cl. The maximum atomic E-state index is 12.8. The number of aromatic nitrogens is 3. The second-order valence-corrected chi connectivity index (χ2v) is 8.04. The third-order valence-electron chi connectivity index (χ3n) is 4.35. The number of carbonyl (C=O) groups is 1. The number of nitrogens with zero attached hydrogens (tertiary/aromatic N) is 3. The first-order chi connectivity index (χ1) is 14.6. The molecule has 0 aliphatic heterocycles. The van der Waals surface area contributed by atoms with Crippen LogP contribution in [0.3, 0.4) is 0 Å². The summed E-state index contributed by atoms with van der Waals surface area (Å²) < 4.78 is 40.1. The van der Waals surface area contributed by atoms with Crippen LogP contribution >= 0.6 is 23.4 Å². The lowest BCUT2D eigenvalue weighted by atomic mass is 10.2. The lowest BCUT2D eigenvalue weighted by Gasteiger charge is -2.10. The van der Waals surface area contributed by atoms with Gasteiger partial charge in [-0.05, 0) is 42.8 Å². The Labute approximate surface area is 186 Å². The van der Waals surface area contributed by atoms with E-state index in [2.05, 4.69) is 20.8 Å². The Balaban J connectivity index is 1.54. The minimum atomic E-state index is -4.47. The van der Waals surface area contributed by atoms with Gasteiger partial charge in [0.1, 0.15) is 0 Å². The first-order valence-electron chi connectivity index (χ1n) is 9.11. The molecule has 31 heavy (non-hydrogen) atoms. The number of hydrogen-bond donors (Lipinski definition) is 2. The van der Waals surface area contributed by atoms with Crippen LogP contribution in [0.4, 0.5) is 24.5 Å². The van der Waals surface area contributed by atoms with Crippen molar-refractivity contribution < 1.29 is 18.0 Å². The number of rotatable bonds is 7. The fourth-order valence-electron chi connectivity index (χ4n) is 2.61. The summed E-state index contributed by atoms with van der Waals surface area (Å²) in [5.41, 5.74) is 1.08. The predicted molar refractivity (Wildman–Crippen MR) is 115 cm³/mol. The van der Waals surface area contributed by atoms with Crippen molar-refractivity contribution in [3.05, 3.63) is 64.4 Å². The van der Waals surface area contributed by atoms with Crippen molar-refractivity contribution in [2.24, 2.45) is 7.05 Å². The Morgan fingerprint density at radius 1 is 1.16 bits per heavy atom. The maximum absolute atomic E-state index is 12.8. The van der Waals surface area contributed by atoms with Gasteiger partial charge in [0.2, 0.25) is 5.91 Å². The number of carbonyl (C=O) groups excluding carboxylic acids is 1. The van der Waals surface area contributed by atoms with E-state index in [1.165, 1.54) is 12.1 Å². The highest BCUT2D eigenvalue weighted by Crippen LogP contribution is 2.30. The zero-order valence-electron chi connectivity index (χ0n) is 16.6. The molecule has 11 heteroatoms. The summed E-state index contributed by atoms with van der Waals surface area (Å²) in [6.45, 7) is 2.32. The largest absolute Gasteiger partial charge is 0.416 e. The number of halogens is 4. The Morgan fingerprint density at radius 3 is 2.65 bits per heavy atom. The number of benzene rings is 2. The lowest BCUT2D eigenvalue weighted by molar-refractivity contribution is -0.137. The molecule has 0 spiro atoms. The molecule has 0 saturated carbocycles. The first kappa shape index (κ1) is 23.0. The van der Waals surface area contributed by atoms with Gasteiger partial charge in [-0.1, -0.05) is 35.5 Å². The molecule has 3 aromatic rings. The molecule has 0 radical (unpaired) electrons. The summed E-state index contributed by atoms with van der Waals surface area (Å²) in [7, 11) is 1.77.